The standard InChI is InChI=1S/C19H13ClN2O2/c20-15-7-8-18(23)17(10-15)22-11-16(21-22)19(24)14-6-5-12-3-1-2-4-13(12)9-14/h1-11,21,23H. The molecule has 0 saturated carbocycles. The fourth-order valence-corrected chi connectivity index (χ4v) is 2.83. The molecule has 24 heavy (non-hydrogen) atoms. The number of phenolic OH excluding ortho intramolecular Hbond substituents is 1. The van der Waals surface area contributed by atoms with Crippen LogP contribution in [0.3, 0.4) is 0 Å². The Bertz CT molecular complexity index is 1050. The lowest BCUT2D eigenvalue weighted by molar-refractivity contribution is 0.102. The molecular formula is C19H13ClN2O2. The van der Waals surface area contributed by atoms with E-state index < -0.39 is 0 Å². The van der Waals surface area contributed by atoms with Crippen molar-refractivity contribution in [3.63, 3.8) is 0 Å². The number of nitrogens with one attached hydrogen (secondary N) is 1. The highest BCUT2D eigenvalue weighted by atomic mass is 35.5. The number of aromatic hydroxyl groups is 1. The summed E-state index contributed by atoms with van der Waals surface area (Å²) in [4.78, 5) is 12.6. The van der Waals surface area contributed by atoms with Gasteiger partial charge in [0.1, 0.15) is 17.1 Å². The molecule has 3 aromatic carbocycles. The highest BCUT2D eigenvalue weighted by Crippen LogP contribution is 2.26. The molecule has 0 radical (unpaired) electrons. The van der Waals surface area contributed by atoms with Crippen LogP contribution in [-0.4, -0.2) is 20.7 Å². The van der Waals surface area contributed by atoms with Crippen molar-refractivity contribution in [2.45, 2.75) is 0 Å². The van der Waals surface area contributed by atoms with Crippen molar-refractivity contribution in [3.8, 4) is 11.4 Å². The quantitative estimate of drug-likeness (QED) is 0.539. The second-order valence-corrected chi connectivity index (χ2v) is 5.99. The lowest BCUT2D eigenvalue weighted by Crippen LogP contribution is -2.16. The number of phenols is 1. The molecule has 4 rings (SSSR count). The van der Waals surface area contributed by atoms with E-state index in [1.807, 2.05) is 42.5 Å². The Labute approximate surface area is 142 Å². The smallest absolute Gasteiger partial charge is 0.212 e. The van der Waals surface area contributed by atoms with Gasteiger partial charge in [-0.3, -0.25) is 14.6 Å². The molecule has 0 atom stereocenters. The number of aromatic nitrogens is 2. The van der Waals surface area contributed by atoms with Crippen LogP contribution in [-0.2, 0) is 0 Å². The van der Waals surface area contributed by atoms with Gasteiger partial charge in [0.25, 0.3) is 0 Å². The Morgan fingerprint density at radius 1 is 1.00 bits per heavy atom. The van der Waals surface area contributed by atoms with Crippen LogP contribution in [0.5, 0.6) is 5.75 Å². The highest BCUT2D eigenvalue weighted by Gasteiger charge is 2.16. The third-order valence-corrected chi connectivity index (χ3v) is 4.19. The van der Waals surface area contributed by atoms with Crippen molar-refractivity contribution in [1.29, 1.82) is 0 Å². The molecule has 118 valence electrons. The molecule has 0 fully saturated rings. The van der Waals surface area contributed by atoms with E-state index in [1.54, 1.807) is 23.0 Å². The zero-order valence-corrected chi connectivity index (χ0v) is 13.3. The molecule has 0 amide bonds. The van der Waals surface area contributed by atoms with Gasteiger partial charge in [0, 0.05) is 10.6 Å². The van der Waals surface area contributed by atoms with Crippen LogP contribution >= 0.6 is 11.6 Å². The summed E-state index contributed by atoms with van der Waals surface area (Å²) in [6, 6.07) is 18.3. The Morgan fingerprint density at radius 3 is 2.54 bits per heavy atom. The lowest BCUT2D eigenvalue weighted by atomic mass is 10.0. The molecule has 1 aromatic heterocycles. The summed E-state index contributed by atoms with van der Waals surface area (Å²) in [6.07, 6.45) is 1.64. The molecule has 0 aliphatic rings. The highest BCUT2D eigenvalue weighted by molar-refractivity contribution is 6.30. The maximum atomic E-state index is 12.6. The van der Waals surface area contributed by atoms with Crippen molar-refractivity contribution in [2.24, 2.45) is 0 Å². The van der Waals surface area contributed by atoms with Gasteiger partial charge >= 0.3 is 0 Å². The predicted molar refractivity (Wildman–Crippen MR) is 94.2 cm³/mol. The number of fused-ring (bicyclic) bond motifs is 1. The molecular weight excluding hydrogens is 324 g/mol. The Balaban J connectivity index is 1.65. The summed E-state index contributed by atoms with van der Waals surface area (Å²) in [6.45, 7) is 0. The number of H-pyrrole nitrogens is 1. The topological polar surface area (TPSA) is 58.0 Å². The van der Waals surface area contributed by atoms with Crippen LogP contribution in [0.1, 0.15) is 16.1 Å². The van der Waals surface area contributed by atoms with E-state index in [-0.39, 0.29) is 11.5 Å². The van der Waals surface area contributed by atoms with E-state index in [2.05, 4.69) is 5.10 Å². The first-order valence-corrected chi connectivity index (χ1v) is 7.79. The second kappa shape index (κ2) is 5.58. The summed E-state index contributed by atoms with van der Waals surface area (Å²) in [5.74, 6) is -0.0149. The van der Waals surface area contributed by atoms with Gasteiger partial charge < -0.3 is 5.11 Å². The molecule has 5 heteroatoms. The fraction of sp³-hybridized carbons (Fsp3) is 0. The summed E-state index contributed by atoms with van der Waals surface area (Å²) < 4.78 is 1.56. The van der Waals surface area contributed by atoms with E-state index in [9.17, 15) is 9.90 Å². The van der Waals surface area contributed by atoms with E-state index >= 15 is 0 Å². The number of carbonyl (C=O) groups excluding carboxylic acids is 1. The van der Waals surface area contributed by atoms with Crippen LogP contribution in [0, 0.1) is 0 Å². The zero-order chi connectivity index (χ0) is 16.7. The minimum Gasteiger partial charge on any atom is -0.506 e. The molecule has 4 aromatic rings. The predicted octanol–water partition coefficient (Wildman–Crippen LogP) is 4.55. The number of ketones is 1. The second-order valence-electron chi connectivity index (χ2n) is 5.55. The van der Waals surface area contributed by atoms with Crippen molar-refractivity contribution < 1.29 is 9.90 Å². The van der Waals surface area contributed by atoms with Crippen molar-refractivity contribution in [1.82, 2.24) is 9.78 Å². The van der Waals surface area contributed by atoms with Crippen LogP contribution < -0.4 is 0 Å². The first-order valence-electron chi connectivity index (χ1n) is 7.41. The largest absolute Gasteiger partial charge is 0.506 e. The van der Waals surface area contributed by atoms with Gasteiger partial charge in [-0.2, -0.15) is 0 Å². The number of aromatic amines is 1. The van der Waals surface area contributed by atoms with E-state index in [1.165, 1.54) is 6.07 Å². The van der Waals surface area contributed by atoms with Crippen LogP contribution in [0.4, 0.5) is 0 Å². The molecule has 0 spiro atoms. The summed E-state index contributed by atoms with van der Waals surface area (Å²) in [7, 11) is 0. The average molecular weight is 337 g/mol. The minimum atomic E-state index is -0.0986. The van der Waals surface area contributed by atoms with Crippen molar-refractivity contribution >= 4 is 28.2 Å². The van der Waals surface area contributed by atoms with Gasteiger partial charge in [0.2, 0.25) is 5.78 Å². The van der Waals surface area contributed by atoms with Gasteiger partial charge in [0.05, 0.1) is 6.20 Å². The number of benzene rings is 3. The summed E-state index contributed by atoms with van der Waals surface area (Å²) in [5, 5.41) is 15.4. The number of nitrogens with zero attached hydrogens (tertiary/aromatic N) is 1. The van der Waals surface area contributed by atoms with Gasteiger partial charge in [-0.15, -0.1) is 0 Å². The number of rotatable bonds is 3. The van der Waals surface area contributed by atoms with Gasteiger partial charge in [-0.25, -0.2) is 0 Å². The Kier molecular flexibility index (Phi) is 3.40. The van der Waals surface area contributed by atoms with E-state index in [0.717, 1.165) is 10.8 Å². The van der Waals surface area contributed by atoms with E-state index in [0.29, 0.717) is 22.0 Å². The van der Waals surface area contributed by atoms with E-state index in [4.69, 9.17) is 11.6 Å². The first-order chi connectivity index (χ1) is 11.6. The number of hydrogen-bond acceptors (Lipinski definition) is 2. The first kappa shape index (κ1) is 14.6. The number of hydrogen-bond donors (Lipinski definition) is 2. The van der Waals surface area contributed by atoms with Gasteiger partial charge in [-0.05, 0) is 35.0 Å². The molecule has 0 bridgehead atoms. The fourth-order valence-electron chi connectivity index (χ4n) is 2.67. The Hall–Kier alpha value is -2.98. The van der Waals surface area contributed by atoms with Crippen LogP contribution in [0.2, 0.25) is 5.02 Å². The maximum absolute atomic E-state index is 12.6. The third-order valence-electron chi connectivity index (χ3n) is 3.95. The minimum absolute atomic E-state index is 0.0837. The average Bonchev–Trinajstić information content (AvgIpc) is 2.56. The SMILES string of the molecule is O=C(c1ccc2ccccc2c1)c1cn(-c2cc(Cl)ccc2O)[nH]1. The molecule has 0 aliphatic carbocycles. The number of carbonyl (C=O) groups is 1. The zero-order valence-electron chi connectivity index (χ0n) is 12.5. The van der Waals surface area contributed by atoms with Crippen molar-refractivity contribution in [3.05, 3.63) is 83.1 Å². The molecule has 2 N–H and O–H groups in total. The third kappa shape index (κ3) is 2.47. The van der Waals surface area contributed by atoms with Crippen LogP contribution in [0.25, 0.3) is 16.5 Å². The lowest BCUT2D eigenvalue weighted by Gasteiger charge is -2.16. The molecule has 0 aliphatic heterocycles. The molecule has 1 heterocycles. The number of halogens is 1. The molecule has 0 unspecified atom stereocenters. The van der Waals surface area contributed by atoms with Crippen LogP contribution in [0.15, 0.2) is 66.9 Å². The van der Waals surface area contributed by atoms with Gasteiger partial charge in [0.15, 0.2) is 0 Å². The monoisotopic (exact) mass is 336 g/mol. The maximum Gasteiger partial charge on any atom is 0.212 e. The Morgan fingerprint density at radius 2 is 1.75 bits per heavy atom. The molecule has 0 saturated heterocycles. The summed E-state index contributed by atoms with van der Waals surface area (Å²) >= 11 is 5.94. The normalized spacial score (nSPS) is 11.0. The molecule has 4 nitrogen and oxygen atoms in total. The van der Waals surface area contributed by atoms with Crippen molar-refractivity contribution in [2.75, 3.05) is 0 Å². The summed E-state index contributed by atoms with van der Waals surface area (Å²) in [5.41, 5.74) is 1.57. The van der Waals surface area contributed by atoms with Gasteiger partial charge in [-0.1, -0.05) is 48.0 Å².